The largest absolute Gasteiger partial charge is 0.452 e. The summed E-state index contributed by atoms with van der Waals surface area (Å²) in [6.45, 7) is 3.57. The van der Waals surface area contributed by atoms with E-state index in [4.69, 9.17) is 4.74 Å². The summed E-state index contributed by atoms with van der Waals surface area (Å²) in [5, 5.41) is 2.68. The number of esters is 1. The van der Waals surface area contributed by atoms with Crippen LogP contribution in [0.3, 0.4) is 0 Å². The summed E-state index contributed by atoms with van der Waals surface area (Å²) >= 11 is 3.40. The van der Waals surface area contributed by atoms with Gasteiger partial charge < -0.3 is 10.1 Å². The lowest BCUT2D eigenvalue weighted by molar-refractivity contribution is -0.119. The highest BCUT2D eigenvalue weighted by Gasteiger charge is 2.10. The third-order valence-corrected chi connectivity index (χ3v) is 3.93. The molecule has 0 atom stereocenters. The van der Waals surface area contributed by atoms with Crippen LogP contribution in [0, 0.1) is 13.8 Å². The van der Waals surface area contributed by atoms with Gasteiger partial charge in [0.25, 0.3) is 5.91 Å². The molecule has 0 aliphatic heterocycles. The van der Waals surface area contributed by atoms with Crippen LogP contribution in [0.5, 0.6) is 0 Å². The summed E-state index contributed by atoms with van der Waals surface area (Å²) in [5.41, 5.74) is 3.20. The van der Waals surface area contributed by atoms with Crippen molar-refractivity contribution >= 4 is 33.5 Å². The van der Waals surface area contributed by atoms with Crippen molar-refractivity contribution in [2.24, 2.45) is 0 Å². The Hall–Kier alpha value is -2.14. The Morgan fingerprint density at radius 3 is 2.41 bits per heavy atom. The highest BCUT2D eigenvalue weighted by atomic mass is 79.9. The Bertz CT molecular complexity index is 696. The molecule has 0 bridgehead atoms. The van der Waals surface area contributed by atoms with Crippen LogP contribution >= 0.6 is 15.9 Å². The molecule has 22 heavy (non-hydrogen) atoms. The number of halogens is 1. The molecule has 0 fully saturated rings. The van der Waals surface area contributed by atoms with E-state index in [0.717, 1.165) is 15.6 Å². The number of benzene rings is 2. The van der Waals surface area contributed by atoms with Gasteiger partial charge in [0, 0.05) is 10.2 Å². The predicted octanol–water partition coefficient (Wildman–Crippen LogP) is 3.86. The Morgan fingerprint density at radius 2 is 1.77 bits per heavy atom. The van der Waals surface area contributed by atoms with Gasteiger partial charge in [-0.15, -0.1) is 0 Å². The Labute approximate surface area is 137 Å². The summed E-state index contributed by atoms with van der Waals surface area (Å²) in [7, 11) is 0. The first kappa shape index (κ1) is 16.2. The van der Waals surface area contributed by atoms with E-state index in [9.17, 15) is 9.59 Å². The number of rotatable bonds is 4. The smallest absolute Gasteiger partial charge is 0.338 e. The molecule has 1 amide bonds. The molecule has 0 aliphatic carbocycles. The lowest BCUT2D eigenvalue weighted by Gasteiger charge is -2.08. The van der Waals surface area contributed by atoms with Gasteiger partial charge in [-0.05, 0) is 43.7 Å². The fourth-order valence-electron chi connectivity index (χ4n) is 1.77. The Morgan fingerprint density at radius 1 is 1.09 bits per heavy atom. The molecule has 0 saturated heterocycles. The van der Waals surface area contributed by atoms with Crippen molar-refractivity contribution in [2.45, 2.75) is 13.8 Å². The van der Waals surface area contributed by atoms with Gasteiger partial charge in [-0.2, -0.15) is 0 Å². The van der Waals surface area contributed by atoms with Crippen LogP contribution in [0.25, 0.3) is 0 Å². The Kier molecular flexibility index (Phi) is 5.33. The van der Waals surface area contributed by atoms with Crippen molar-refractivity contribution in [1.82, 2.24) is 0 Å². The minimum Gasteiger partial charge on any atom is -0.452 e. The minimum absolute atomic E-state index is 0.321. The second kappa shape index (κ2) is 7.22. The first-order valence-electron chi connectivity index (χ1n) is 6.75. The molecule has 1 N–H and O–H groups in total. The van der Waals surface area contributed by atoms with Gasteiger partial charge in [-0.3, -0.25) is 4.79 Å². The SMILES string of the molecule is Cc1ccc(C(=O)OCC(=O)Nc2ccc(C)c(Br)c2)cc1. The monoisotopic (exact) mass is 361 g/mol. The van der Waals surface area contributed by atoms with Gasteiger partial charge in [0.1, 0.15) is 0 Å². The molecule has 0 aliphatic rings. The molecule has 0 radical (unpaired) electrons. The van der Waals surface area contributed by atoms with Crippen molar-refractivity contribution < 1.29 is 14.3 Å². The highest BCUT2D eigenvalue weighted by molar-refractivity contribution is 9.10. The third-order valence-electron chi connectivity index (χ3n) is 3.08. The highest BCUT2D eigenvalue weighted by Crippen LogP contribution is 2.20. The number of hydrogen-bond donors (Lipinski definition) is 1. The molecular weight excluding hydrogens is 346 g/mol. The van der Waals surface area contributed by atoms with E-state index < -0.39 is 5.97 Å². The molecule has 2 aromatic carbocycles. The normalized spacial score (nSPS) is 10.1. The molecule has 114 valence electrons. The minimum atomic E-state index is -0.514. The van der Waals surface area contributed by atoms with Gasteiger partial charge >= 0.3 is 5.97 Å². The summed E-state index contributed by atoms with van der Waals surface area (Å²) in [6.07, 6.45) is 0. The van der Waals surface area contributed by atoms with Gasteiger partial charge in [-0.1, -0.05) is 39.7 Å². The maximum Gasteiger partial charge on any atom is 0.338 e. The van der Waals surface area contributed by atoms with E-state index in [2.05, 4.69) is 21.2 Å². The van der Waals surface area contributed by atoms with Crippen LogP contribution in [0.1, 0.15) is 21.5 Å². The standard InChI is InChI=1S/C17H16BrNO3/c1-11-3-6-13(7-4-11)17(21)22-10-16(20)19-14-8-5-12(2)15(18)9-14/h3-9H,10H2,1-2H3,(H,19,20). The predicted molar refractivity (Wildman–Crippen MR) is 89.0 cm³/mol. The first-order valence-corrected chi connectivity index (χ1v) is 7.55. The number of ether oxygens (including phenoxy) is 1. The fraction of sp³-hybridized carbons (Fsp3) is 0.176. The zero-order valence-corrected chi connectivity index (χ0v) is 13.9. The number of aryl methyl sites for hydroxylation is 2. The second-order valence-corrected chi connectivity index (χ2v) is 5.81. The molecular formula is C17H16BrNO3. The average Bonchev–Trinajstić information content (AvgIpc) is 2.49. The van der Waals surface area contributed by atoms with E-state index >= 15 is 0 Å². The van der Waals surface area contributed by atoms with Gasteiger partial charge in [-0.25, -0.2) is 4.79 Å². The topological polar surface area (TPSA) is 55.4 Å². The van der Waals surface area contributed by atoms with Crippen LogP contribution in [0.4, 0.5) is 5.69 Å². The molecule has 0 aromatic heterocycles. The first-order chi connectivity index (χ1) is 10.5. The number of carbonyl (C=O) groups is 2. The van der Waals surface area contributed by atoms with Gasteiger partial charge in [0.05, 0.1) is 5.56 Å². The zero-order chi connectivity index (χ0) is 16.1. The van der Waals surface area contributed by atoms with Crippen molar-refractivity contribution in [3.05, 3.63) is 63.6 Å². The maximum absolute atomic E-state index is 11.8. The zero-order valence-electron chi connectivity index (χ0n) is 12.4. The third kappa shape index (κ3) is 4.43. The average molecular weight is 362 g/mol. The number of anilines is 1. The molecule has 5 heteroatoms. The van der Waals surface area contributed by atoms with Crippen LogP contribution in [-0.2, 0) is 9.53 Å². The molecule has 0 heterocycles. The summed E-state index contributed by atoms with van der Waals surface area (Å²) in [6, 6.07) is 12.5. The van der Waals surface area contributed by atoms with Crippen LogP contribution in [0.2, 0.25) is 0 Å². The van der Waals surface area contributed by atoms with E-state index in [1.807, 2.05) is 32.0 Å². The molecule has 0 unspecified atom stereocenters. The Balaban J connectivity index is 1.88. The summed E-state index contributed by atoms with van der Waals surface area (Å²) < 4.78 is 5.90. The van der Waals surface area contributed by atoms with Crippen LogP contribution < -0.4 is 5.32 Å². The lowest BCUT2D eigenvalue weighted by Crippen LogP contribution is -2.20. The molecule has 0 spiro atoms. The van der Waals surface area contributed by atoms with Gasteiger partial charge in [0.15, 0.2) is 6.61 Å². The number of amides is 1. The fourth-order valence-corrected chi connectivity index (χ4v) is 2.15. The van der Waals surface area contributed by atoms with E-state index in [-0.39, 0.29) is 12.5 Å². The quantitative estimate of drug-likeness (QED) is 0.841. The summed E-state index contributed by atoms with van der Waals surface area (Å²) in [5.74, 6) is -0.892. The number of nitrogens with one attached hydrogen (secondary N) is 1. The lowest BCUT2D eigenvalue weighted by atomic mass is 10.1. The molecule has 0 saturated carbocycles. The van der Waals surface area contributed by atoms with Crippen LogP contribution in [-0.4, -0.2) is 18.5 Å². The maximum atomic E-state index is 11.8. The van der Waals surface area contributed by atoms with Crippen molar-refractivity contribution in [3.63, 3.8) is 0 Å². The number of carbonyl (C=O) groups excluding carboxylic acids is 2. The van der Waals surface area contributed by atoms with Crippen molar-refractivity contribution in [3.8, 4) is 0 Å². The number of hydrogen-bond acceptors (Lipinski definition) is 3. The molecule has 2 rings (SSSR count). The molecule has 4 nitrogen and oxygen atoms in total. The molecule has 2 aromatic rings. The van der Waals surface area contributed by atoms with Crippen LogP contribution in [0.15, 0.2) is 46.9 Å². The van der Waals surface area contributed by atoms with E-state index in [0.29, 0.717) is 11.3 Å². The van der Waals surface area contributed by atoms with E-state index in [1.165, 1.54) is 0 Å². The van der Waals surface area contributed by atoms with Crippen molar-refractivity contribution in [2.75, 3.05) is 11.9 Å². The van der Waals surface area contributed by atoms with Crippen molar-refractivity contribution in [1.29, 1.82) is 0 Å². The van der Waals surface area contributed by atoms with E-state index in [1.54, 1.807) is 24.3 Å². The second-order valence-electron chi connectivity index (χ2n) is 4.95. The van der Waals surface area contributed by atoms with Gasteiger partial charge in [0.2, 0.25) is 0 Å². The summed E-state index contributed by atoms with van der Waals surface area (Å²) in [4.78, 5) is 23.6.